The molecule has 1 atom stereocenters. The van der Waals surface area contributed by atoms with E-state index in [-0.39, 0.29) is 24.7 Å². The van der Waals surface area contributed by atoms with Crippen LogP contribution in [0, 0.1) is 0 Å². The molecule has 0 radical (unpaired) electrons. The van der Waals surface area contributed by atoms with Crippen molar-refractivity contribution in [2.75, 3.05) is 4.90 Å². The van der Waals surface area contributed by atoms with Crippen LogP contribution in [0.25, 0.3) is 0 Å². The predicted molar refractivity (Wildman–Crippen MR) is 64.2 cm³/mol. The SMILES string of the molecule is CC(C(=O)O)c1ccc(N2C(=O)CCC2=O)cc1. The molecule has 1 saturated heterocycles. The summed E-state index contributed by atoms with van der Waals surface area (Å²) in [6.45, 7) is 1.59. The van der Waals surface area contributed by atoms with E-state index in [1.54, 1.807) is 31.2 Å². The minimum atomic E-state index is -0.906. The molecule has 0 spiro atoms. The first-order valence-corrected chi connectivity index (χ1v) is 5.69. The van der Waals surface area contributed by atoms with Gasteiger partial charge in [0.25, 0.3) is 0 Å². The number of carboxylic acid groups (broad SMARTS) is 1. The molecule has 94 valence electrons. The average Bonchev–Trinajstić information content (AvgIpc) is 2.68. The summed E-state index contributed by atoms with van der Waals surface area (Å²) in [5.41, 5.74) is 1.15. The van der Waals surface area contributed by atoms with Crippen molar-refractivity contribution in [3.05, 3.63) is 29.8 Å². The summed E-state index contributed by atoms with van der Waals surface area (Å²) in [5.74, 6) is -1.93. The summed E-state index contributed by atoms with van der Waals surface area (Å²) in [5, 5.41) is 8.88. The van der Waals surface area contributed by atoms with E-state index in [1.807, 2.05) is 0 Å². The maximum Gasteiger partial charge on any atom is 0.310 e. The Morgan fingerprint density at radius 3 is 2.11 bits per heavy atom. The van der Waals surface area contributed by atoms with E-state index in [0.29, 0.717) is 11.3 Å². The lowest BCUT2D eigenvalue weighted by Crippen LogP contribution is -2.28. The molecule has 0 saturated carbocycles. The van der Waals surface area contributed by atoms with E-state index in [9.17, 15) is 14.4 Å². The van der Waals surface area contributed by atoms with Gasteiger partial charge in [0.2, 0.25) is 11.8 Å². The molecule has 1 heterocycles. The van der Waals surface area contributed by atoms with E-state index >= 15 is 0 Å². The molecule has 1 unspecified atom stereocenters. The number of benzene rings is 1. The van der Waals surface area contributed by atoms with E-state index in [1.165, 1.54) is 0 Å². The Labute approximate surface area is 104 Å². The summed E-state index contributed by atoms with van der Waals surface area (Å²) in [7, 11) is 0. The number of carboxylic acids is 1. The van der Waals surface area contributed by atoms with Gasteiger partial charge in [0.15, 0.2) is 0 Å². The first kappa shape index (κ1) is 12.3. The lowest BCUT2D eigenvalue weighted by molar-refractivity contribution is -0.138. The molecule has 1 aliphatic rings. The van der Waals surface area contributed by atoms with Crippen LogP contribution in [0.15, 0.2) is 24.3 Å². The van der Waals surface area contributed by atoms with E-state index in [2.05, 4.69) is 0 Å². The first-order valence-electron chi connectivity index (χ1n) is 5.69. The van der Waals surface area contributed by atoms with Crippen LogP contribution < -0.4 is 4.90 Å². The fourth-order valence-corrected chi connectivity index (χ4v) is 1.92. The van der Waals surface area contributed by atoms with Crippen LogP contribution >= 0.6 is 0 Å². The maximum absolute atomic E-state index is 11.5. The zero-order valence-electron chi connectivity index (χ0n) is 9.92. The molecule has 1 N–H and O–H groups in total. The van der Waals surface area contributed by atoms with Gasteiger partial charge in [-0.2, -0.15) is 0 Å². The van der Waals surface area contributed by atoms with Crippen LogP contribution in [0.5, 0.6) is 0 Å². The summed E-state index contributed by atoms with van der Waals surface area (Å²) < 4.78 is 0. The Morgan fingerprint density at radius 1 is 1.17 bits per heavy atom. The molecule has 1 fully saturated rings. The third-order valence-electron chi connectivity index (χ3n) is 3.07. The Morgan fingerprint density at radius 2 is 1.67 bits per heavy atom. The van der Waals surface area contributed by atoms with E-state index in [0.717, 1.165) is 4.90 Å². The van der Waals surface area contributed by atoms with E-state index < -0.39 is 11.9 Å². The molecule has 1 aromatic rings. The number of rotatable bonds is 3. The Bertz CT molecular complexity index is 490. The van der Waals surface area contributed by atoms with Crippen LogP contribution in [0.2, 0.25) is 0 Å². The molecule has 5 nitrogen and oxygen atoms in total. The average molecular weight is 247 g/mol. The van der Waals surface area contributed by atoms with Crippen LogP contribution in [0.4, 0.5) is 5.69 Å². The van der Waals surface area contributed by atoms with Gasteiger partial charge in [0.1, 0.15) is 0 Å². The number of aliphatic carboxylic acids is 1. The van der Waals surface area contributed by atoms with E-state index in [4.69, 9.17) is 5.11 Å². The number of hydrogen-bond acceptors (Lipinski definition) is 3. The highest BCUT2D eigenvalue weighted by atomic mass is 16.4. The summed E-state index contributed by atoms with van der Waals surface area (Å²) in [4.78, 5) is 35.0. The molecule has 2 rings (SSSR count). The van der Waals surface area contributed by atoms with Gasteiger partial charge in [-0.05, 0) is 24.6 Å². The van der Waals surface area contributed by atoms with Crippen molar-refractivity contribution in [1.82, 2.24) is 0 Å². The third kappa shape index (κ3) is 2.11. The normalized spacial score (nSPS) is 17.1. The molecule has 0 aromatic heterocycles. The Balaban J connectivity index is 2.25. The number of nitrogens with zero attached hydrogens (tertiary/aromatic N) is 1. The molecular weight excluding hydrogens is 234 g/mol. The van der Waals surface area contributed by atoms with Gasteiger partial charge in [0, 0.05) is 12.8 Å². The van der Waals surface area contributed by atoms with Gasteiger partial charge < -0.3 is 5.11 Å². The fraction of sp³-hybridized carbons (Fsp3) is 0.308. The lowest BCUT2D eigenvalue weighted by Gasteiger charge is -2.15. The van der Waals surface area contributed by atoms with Gasteiger partial charge in [0.05, 0.1) is 11.6 Å². The van der Waals surface area contributed by atoms with Crippen LogP contribution in [-0.4, -0.2) is 22.9 Å². The number of imide groups is 1. The Kier molecular flexibility index (Phi) is 3.14. The largest absolute Gasteiger partial charge is 0.481 e. The van der Waals surface area contributed by atoms with Gasteiger partial charge in [-0.3, -0.25) is 19.3 Å². The summed E-state index contributed by atoms with van der Waals surface area (Å²) in [6.07, 6.45) is 0.484. The predicted octanol–water partition coefficient (Wildman–Crippen LogP) is 1.53. The fourth-order valence-electron chi connectivity index (χ4n) is 1.92. The van der Waals surface area contributed by atoms with Crippen LogP contribution in [0.3, 0.4) is 0 Å². The van der Waals surface area contributed by atoms with Gasteiger partial charge >= 0.3 is 5.97 Å². The number of anilines is 1. The Hall–Kier alpha value is -2.17. The molecule has 5 heteroatoms. The second-order valence-electron chi connectivity index (χ2n) is 4.27. The quantitative estimate of drug-likeness (QED) is 0.822. The molecule has 2 amide bonds. The minimum Gasteiger partial charge on any atom is -0.481 e. The highest BCUT2D eigenvalue weighted by Gasteiger charge is 2.30. The molecule has 18 heavy (non-hydrogen) atoms. The highest BCUT2D eigenvalue weighted by Crippen LogP contribution is 2.25. The molecular formula is C13H13NO4. The van der Waals surface area contributed by atoms with Crippen molar-refractivity contribution in [3.63, 3.8) is 0 Å². The summed E-state index contributed by atoms with van der Waals surface area (Å²) in [6, 6.07) is 6.48. The first-order chi connectivity index (χ1) is 8.50. The summed E-state index contributed by atoms with van der Waals surface area (Å²) >= 11 is 0. The lowest BCUT2D eigenvalue weighted by atomic mass is 10.0. The maximum atomic E-state index is 11.5. The molecule has 1 aliphatic heterocycles. The molecule has 0 bridgehead atoms. The second kappa shape index (κ2) is 4.60. The monoisotopic (exact) mass is 247 g/mol. The van der Waals surface area contributed by atoms with Crippen molar-refractivity contribution < 1.29 is 19.5 Å². The number of carbonyl (C=O) groups excluding carboxylic acids is 2. The zero-order chi connectivity index (χ0) is 13.3. The standard InChI is InChI=1S/C13H13NO4/c1-8(13(17)18)9-2-4-10(5-3-9)14-11(15)6-7-12(14)16/h2-5,8H,6-7H2,1H3,(H,17,18). The van der Waals surface area contributed by atoms with Crippen molar-refractivity contribution in [2.45, 2.75) is 25.7 Å². The third-order valence-corrected chi connectivity index (χ3v) is 3.07. The second-order valence-corrected chi connectivity index (χ2v) is 4.27. The van der Waals surface area contributed by atoms with Gasteiger partial charge in [-0.15, -0.1) is 0 Å². The number of hydrogen-bond donors (Lipinski definition) is 1. The van der Waals surface area contributed by atoms with Crippen LogP contribution in [0.1, 0.15) is 31.2 Å². The zero-order valence-corrected chi connectivity index (χ0v) is 9.92. The van der Waals surface area contributed by atoms with Gasteiger partial charge in [-0.25, -0.2) is 0 Å². The van der Waals surface area contributed by atoms with Gasteiger partial charge in [-0.1, -0.05) is 12.1 Å². The molecule has 1 aromatic carbocycles. The van der Waals surface area contributed by atoms with Crippen molar-refractivity contribution in [3.8, 4) is 0 Å². The van der Waals surface area contributed by atoms with Crippen molar-refractivity contribution in [2.24, 2.45) is 0 Å². The smallest absolute Gasteiger partial charge is 0.310 e. The number of amides is 2. The van der Waals surface area contributed by atoms with Crippen molar-refractivity contribution >= 4 is 23.5 Å². The minimum absolute atomic E-state index is 0.209. The highest BCUT2D eigenvalue weighted by molar-refractivity contribution is 6.19. The topological polar surface area (TPSA) is 74.7 Å². The molecule has 0 aliphatic carbocycles. The van der Waals surface area contributed by atoms with Crippen molar-refractivity contribution in [1.29, 1.82) is 0 Å². The van der Waals surface area contributed by atoms with Crippen LogP contribution in [-0.2, 0) is 14.4 Å². The number of carbonyl (C=O) groups is 3.